The van der Waals surface area contributed by atoms with Crippen molar-refractivity contribution < 1.29 is 9.90 Å². The summed E-state index contributed by atoms with van der Waals surface area (Å²) in [5.41, 5.74) is 0. The Hall–Kier alpha value is -0.370. The van der Waals surface area contributed by atoms with Crippen molar-refractivity contribution in [3.8, 4) is 0 Å². The molecule has 0 unspecified atom stereocenters. The summed E-state index contributed by atoms with van der Waals surface area (Å²) < 4.78 is 0. The van der Waals surface area contributed by atoms with Gasteiger partial charge < -0.3 is 5.11 Å². The SMILES string of the molecule is CC(=O)C(C)C.CC(C)CO. The third-order valence-electron chi connectivity index (χ3n) is 1.18. The second-order valence-electron chi connectivity index (χ2n) is 3.34. The van der Waals surface area contributed by atoms with Gasteiger partial charge in [-0.15, -0.1) is 0 Å². The van der Waals surface area contributed by atoms with Crippen molar-refractivity contribution in [2.45, 2.75) is 34.6 Å². The van der Waals surface area contributed by atoms with Crippen LogP contribution in [0.3, 0.4) is 0 Å². The van der Waals surface area contributed by atoms with E-state index in [1.54, 1.807) is 6.92 Å². The molecule has 0 aromatic carbocycles. The van der Waals surface area contributed by atoms with Gasteiger partial charge in [-0.05, 0) is 12.8 Å². The molecule has 2 heteroatoms. The van der Waals surface area contributed by atoms with Crippen molar-refractivity contribution in [2.24, 2.45) is 11.8 Å². The topological polar surface area (TPSA) is 37.3 Å². The first-order valence-electron chi connectivity index (χ1n) is 4.03. The van der Waals surface area contributed by atoms with E-state index in [9.17, 15) is 4.79 Å². The quantitative estimate of drug-likeness (QED) is 0.669. The predicted octanol–water partition coefficient (Wildman–Crippen LogP) is 1.87. The van der Waals surface area contributed by atoms with Crippen LogP contribution in [0.4, 0.5) is 0 Å². The van der Waals surface area contributed by atoms with E-state index in [4.69, 9.17) is 5.11 Å². The summed E-state index contributed by atoms with van der Waals surface area (Å²) in [4.78, 5) is 10.1. The van der Waals surface area contributed by atoms with E-state index in [1.807, 2.05) is 27.7 Å². The molecule has 0 spiro atoms. The monoisotopic (exact) mass is 160 g/mol. The van der Waals surface area contributed by atoms with Crippen LogP contribution in [-0.4, -0.2) is 17.5 Å². The number of aliphatic hydroxyl groups is 1. The fourth-order valence-electron chi connectivity index (χ4n) is 0. The zero-order chi connectivity index (χ0) is 9.44. The van der Waals surface area contributed by atoms with Gasteiger partial charge >= 0.3 is 0 Å². The van der Waals surface area contributed by atoms with E-state index >= 15 is 0 Å². The highest BCUT2D eigenvalue weighted by molar-refractivity contribution is 5.77. The number of aliphatic hydroxyl groups excluding tert-OH is 1. The van der Waals surface area contributed by atoms with Crippen LogP contribution in [0.15, 0.2) is 0 Å². The zero-order valence-corrected chi connectivity index (χ0v) is 8.22. The number of hydrogen-bond acceptors (Lipinski definition) is 2. The number of Topliss-reactive ketones (excluding diaryl/α,β-unsaturated/α-hetero) is 1. The number of carbonyl (C=O) groups is 1. The van der Waals surface area contributed by atoms with Crippen molar-refractivity contribution in [2.75, 3.05) is 6.61 Å². The van der Waals surface area contributed by atoms with E-state index < -0.39 is 0 Å². The molecule has 0 aliphatic rings. The summed E-state index contributed by atoms with van der Waals surface area (Å²) in [6.07, 6.45) is 0. The van der Waals surface area contributed by atoms with Gasteiger partial charge in [-0.2, -0.15) is 0 Å². The average molecular weight is 160 g/mol. The Labute approximate surface area is 69.6 Å². The lowest BCUT2D eigenvalue weighted by atomic mass is 10.1. The van der Waals surface area contributed by atoms with Gasteiger partial charge in [0, 0.05) is 12.5 Å². The summed E-state index contributed by atoms with van der Waals surface area (Å²) in [7, 11) is 0. The summed E-state index contributed by atoms with van der Waals surface area (Å²) in [6.45, 7) is 9.63. The average Bonchev–Trinajstić information content (AvgIpc) is 1.89. The fourth-order valence-corrected chi connectivity index (χ4v) is 0. The van der Waals surface area contributed by atoms with E-state index in [0.717, 1.165) is 0 Å². The van der Waals surface area contributed by atoms with Crippen molar-refractivity contribution in [3.63, 3.8) is 0 Å². The first-order chi connectivity index (χ1) is 4.91. The van der Waals surface area contributed by atoms with Crippen LogP contribution in [0, 0.1) is 11.8 Å². The maximum Gasteiger partial charge on any atom is 0.132 e. The molecular weight excluding hydrogens is 140 g/mol. The molecule has 0 radical (unpaired) electrons. The van der Waals surface area contributed by atoms with Gasteiger partial charge in [0.2, 0.25) is 0 Å². The molecule has 0 saturated heterocycles. The molecule has 0 amide bonds. The number of rotatable bonds is 2. The van der Waals surface area contributed by atoms with Gasteiger partial charge in [0.25, 0.3) is 0 Å². The first-order valence-corrected chi connectivity index (χ1v) is 4.03. The fraction of sp³-hybridized carbons (Fsp3) is 0.889. The summed E-state index contributed by atoms with van der Waals surface area (Å²) >= 11 is 0. The summed E-state index contributed by atoms with van der Waals surface area (Å²) in [5, 5.41) is 8.14. The van der Waals surface area contributed by atoms with Crippen LogP contribution in [0.5, 0.6) is 0 Å². The van der Waals surface area contributed by atoms with Gasteiger partial charge in [0.1, 0.15) is 5.78 Å². The Morgan fingerprint density at radius 3 is 1.45 bits per heavy atom. The highest BCUT2D eigenvalue weighted by atomic mass is 16.3. The van der Waals surface area contributed by atoms with Gasteiger partial charge in [-0.25, -0.2) is 0 Å². The number of carbonyl (C=O) groups excluding carboxylic acids is 1. The van der Waals surface area contributed by atoms with Gasteiger partial charge in [-0.1, -0.05) is 27.7 Å². The predicted molar refractivity (Wildman–Crippen MR) is 47.4 cm³/mol. The molecule has 0 aromatic rings. The van der Waals surface area contributed by atoms with E-state index in [0.29, 0.717) is 12.5 Å². The molecule has 0 aromatic heterocycles. The molecule has 68 valence electrons. The molecule has 1 N–H and O–H groups in total. The van der Waals surface area contributed by atoms with E-state index in [-0.39, 0.29) is 11.7 Å². The molecule has 0 rings (SSSR count). The first kappa shape index (κ1) is 13.2. The summed E-state index contributed by atoms with van der Waals surface area (Å²) in [5.74, 6) is 0.912. The van der Waals surface area contributed by atoms with Gasteiger partial charge in [0.15, 0.2) is 0 Å². The Bertz CT molecular complexity index is 95.7. The van der Waals surface area contributed by atoms with Crippen LogP contribution in [0.1, 0.15) is 34.6 Å². The van der Waals surface area contributed by atoms with Crippen molar-refractivity contribution in [1.29, 1.82) is 0 Å². The lowest BCUT2D eigenvalue weighted by molar-refractivity contribution is -0.119. The molecule has 0 atom stereocenters. The maximum atomic E-state index is 10.1. The third-order valence-corrected chi connectivity index (χ3v) is 1.18. The highest BCUT2D eigenvalue weighted by Crippen LogP contribution is 1.89. The smallest absolute Gasteiger partial charge is 0.132 e. The van der Waals surface area contributed by atoms with Crippen LogP contribution in [-0.2, 0) is 4.79 Å². The minimum absolute atomic E-state index is 0.213. The minimum Gasteiger partial charge on any atom is -0.396 e. The van der Waals surface area contributed by atoms with E-state index in [1.165, 1.54) is 0 Å². The molecular formula is C9H20O2. The molecule has 2 nitrogen and oxygen atoms in total. The van der Waals surface area contributed by atoms with Crippen LogP contribution < -0.4 is 0 Å². The zero-order valence-electron chi connectivity index (χ0n) is 8.22. The van der Waals surface area contributed by atoms with Crippen molar-refractivity contribution >= 4 is 5.78 Å². The van der Waals surface area contributed by atoms with Crippen LogP contribution in [0.25, 0.3) is 0 Å². The molecule has 0 aliphatic carbocycles. The molecule has 0 heterocycles. The van der Waals surface area contributed by atoms with Crippen LogP contribution >= 0.6 is 0 Å². The number of ketones is 1. The second kappa shape index (κ2) is 7.73. The highest BCUT2D eigenvalue weighted by Gasteiger charge is 1.95. The second-order valence-corrected chi connectivity index (χ2v) is 3.34. The molecule has 0 aliphatic heterocycles. The molecule has 0 fully saturated rings. The molecule has 11 heavy (non-hydrogen) atoms. The Morgan fingerprint density at radius 1 is 1.27 bits per heavy atom. The third kappa shape index (κ3) is 17.7. The van der Waals surface area contributed by atoms with Crippen molar-refractivity contribution in [3.05, 3.63) is 0 Å². The normalized spacial score (nSPS) is 9.45. The molecule has 0 bridgehead atoms. The Morgan fingerprint density at radius 2 is 1.45 bits per heavy atom. The lowest BCUT2D eigenvalue weighted by Gasteiger charge is -1.90. The minimum atomic E-state index is 0.213. The van der Waals surface area contributed by atoms with Crippen LogP contribution in [0.2, 0.25) is 0 Å². The van der Waals surface area contributed by atoms with Gasteiger partial charge in [0.05, 0.1) is 0 Å². The number of hydrogen-bond donors (Lipinski definition) is 1. The van der Waals surface area contributed by atoms with Crippen molar-refractivity contribution in [1.82, 2.24) is 0 Å². The standard InChI is InChI=1S/C5H10O.C4H10O/c1-4(2)5(3)6;1-4(2)3-5/h4H,1-3H3;4-5H,3H2,1-2H3. The maximum absolute atomic E-state index is 10.1. The van der Waals surface area contributed by atoms with Gasteiger partial charge in [-0.3, -0.25) is 4.79 Å². The lowest BCUT2D eigenvalue weighted by Crippen LogP contribution is -1.98. The molecule has 0 saturated carbocycles. The Balaban J connectivity index is 0. The largest absolute Gasteiger partial charge is 0.396 e. The summed E-state index contributed by atoms with van der Waals surface area (Å²) in [6, 6.07) is 0. The Kier molecular flexibility index (Phi) is 9.31. The van der Waals surface area contributed by atoms with E-state index in [2.05, 4.69) is 0 Å².